The molecular formula is C22H21ClN2O2. The number of amides is 1. The van der Waals surface area contributed by atoms with Crippen LogP contribution in [0.25, 0.3) is 5.69 Å². The Balaban J connectivity index is 2.16. The lowest BCUT2D eigenvalue weighted by Gasteiger charge is -2.19. The van der Waals surface area contributed by atoms with E-state index in [1.807, 2.05) is 67.8 Å². The first-order valence-electron chi connectivity index (χ1n) is 8.80. The van der Waals surface area contributed by atoms with Crippen LogP contribution in [0.5, 0.6) is 0 Å². The Hall–Kier alpha value is -2.85. The van der Waals surface area contributed by atoms with Gasteiger partial charge in [-0.15, -0.1) is 0 Å². The highest BCUT2D eigenvalue weighted by Gasteiger charge is 2.20. The van der Waals surface area contributed by atoms with Gasteiger partial charge in [0.25, 0.3) is 5.91 Å². The molecule has 0 aliphatic rings. The van der Waals surface area contributed by atoms with Crippen molar-refractivity contribution in [2.45, 2.75) is 27.2 Å². The van der Waals surface area contributed by atoms with Crippen molar-refractivity contribution in [3.63, 3.8) is 0 Å². The predicted molar refractivity (Wildman–Crippen MR) is 110 cm³/mol. The number of pyridine rings is 1. The van der Waals surface area contributed by atoms with Crippen molar-refractivity contribution >= 4 is 23.2 Å². The third-order valence-electron chi connectivity index (χ3n) is 4.52. The van der Waals surface area contributed by atoms with Crippen LogP contribution in [0.1, 0.15) is 34.2 Å². The lowest BCUT2D eigenvalue weighted by Crippen LogP contribution is -2.27. The molecule has 0 spiro atoms. The molecule has 0 atom stereocenters. The molecule has 0 radical (unpaired) electrons. The molecule has 0 aliphatic carbocycles. The van der Waals surface area contributed by atoms with Crippen molar-refractivity contribution in [1.29, 1.82) is 0 Å². The van der Waals surface area contributed by atoms with Gasteiger partial charge < -0.3 is 9.88 Å². The fourth-order valence-electron chi connectivity index (χ4n) is 3.24. The third kappa shape index (κ3) is 3.81. The van der Waals surface area contributed by atoms with E-state index in [4.69, 9.17) is 11.6 Å². The number of aromatic nitrogens is 1. The molecule has 1 heterocycles. The summed E-state index contributed by atoms with van der Waals surface area (Å²) < 4.78 is 1.92. The van der Waals surface area contributed by atoms with Crippen molar-refractivity contribution in [2.24, 2.45) is 0 Å². The molecule has 0 saturated heterocycles. The zero-order chi connectivity index (χ0) is 19.6. The molecule has 0 aliphatic heterocycles. The van der Waals surface area contributed by atoms with E-state index >= 15 is 0 Å². The SMILES string of the molecule is CCc1c(C(=O)Nc2ccccc2C)c(=O)cc(C)n1-c1cccc(Cl)c1. The first-order chi connectivity index (χ1) is 12.9. The van der Waals surface area contributed by atoms with Gasteiger partial charge in [-0.2, -0.15) is 0 Å². The average molecular weight is 381 g/mol. The number of carbonyl (C=O) groups is 1. The number of rotatable bonds is 4. The normalized spacial score (nSPS) is 10.7. The number of hydrogen-bond acceptors (Lipinski definition) is 2. The number of benzene rings is 2. The molecule has 3 rings (SSSR count). The van der Waals surface area contributed by atoms with Crippen LogP contribution >= 0.6 is 11.6 Å². The van der Waals surface area contributed by atoms with Crippen LogP contribution in [0.2, 0.25) is 5.02 Å². The standard InChI is InChI=1S/C22H21ClN2O2/c1-4-19-21(22(27)24-18-11-6-5-8-14(18)2)20(26)12-15(3)25(19)17-10-7-9-16(23)13-17/h5-13H,4H2,1-3H3,(H,24,27). The van der Waals surface area contributed by atoms with Gasteiger partial charge in [-0.3, -0.25) is 9.59 Å². The van der Waals surface area contributed by atoms with E-state index in [2.05, 4.69) is 5.32 Å². The molecule has 27 heavy (non-hydrogen) atoms. The molecule has 1 amide bonds. The molecule has 0 saturated carbocycles. The van der Waals surface area contributed by atoms with E-state index < -0.39 is 5.91 Å². The monoisotopic (exact) mass is 380 g/mol. The van der Waals surface area contributed by atoms with E-state index in [0.717, 1.165) is 16.9 Å². The number of aryl methyl sites for hydroxylation is 2. The summed E-state index contributed by atoms with van der Waals surface area (Å²) in [7, 11) is 0. The Bertz CT molecular complexity index is 1070. The highest BCUT2D eigenvalue weighted by atomic mass is 35.5. The van der Waals surface area contributed by atoms with Crippen molar-refractivity contribution in [1.82, 2.24) is 4.57 Å². The smallest absolute Gasteiger partial charge is 0.261 e. The zero-order valence-corrected chi connectivity index (χ0v) is 16.3. The molecule has 4 nitrogen and oxygen atoms in total. The Morgan fingerprint density at radius 1 is 1.07 bits per heavy atom. The second-order valence-electron chi connectivity index (χ2n) is 6.41. The number of nitrogens with one attached hydrogen (secondary N) is 1. The van der Waals surface area contributed by atoms with E-state index in [9.17, 15) is 9.59 Å². The summed E-state index contributed by atoms with van der Waals surface area (Å²) in [5, 5.41) is 3.47. The van der Waals surface area contributed by atoms with E-state index in [1.165, 1.54) is 6.07 Å². The highest BCUT2D eigenvalue weighted by Crippen LogP contribution is 2.21. The van der Waals surface area contributed by atoms with Gasteiger partial charge in [-0.25, -0.2) is 0 Å². The van der Waals surface area contributed by atoms with E-state index in [-0.39, 0.29) is 11.0 Å². The van der Waals surface area contributed by atoms with Gasteiger partial charge in [-0.05, 0) is 50.1 Å². The molecule has 0 bridgehead atoms. The van der Waals surface area contributed by atoms with Crippen LogP contribution in [0.15, 0.2) is 59.4 Å². The van der Waals surface area contributed by atoms with Gasteiger partial charge in [0.1, 0.15) is 5.56 Å². The second kappa shape index (κ2) is 7.80. The summed E-state index contributed by atoms with van der Waals surface area (Å²) in [6.45, 7) is 5.69. The maximum absolute atomic E-state index is 13.0. The highest BCUT2D eigenvalue weighted by molar-refractivity contribution is 6.30. The van der Waals surface area contributed by atoms with Crippen LogP contribution in [0.3, 0.4) is 0 Å². The van der Waals surface area contributed by atoms with Crippen molar-refractivity contribution in [3.8, 4) is 5.69 Å². The summed E-state index contributed by atoms with van der Waals surface area (Å²) in [5.41, 5.74) is 3.74. The van der Waals surface area contributed by atoms with Gasteiger partial charge in [0, 0.05) is 33.9 Å². The first kappa shape index (κ1) is 18.9. The fraction of sp³-hybridized carbons (Fsp3) is 0.182. The molecule has 3 aromatic rings. The predicted octanol–water partition coefficient (Wildman–Crippen LogP) is 4.92. The van der Waals surface area contributed by atoms with Crippen LogP contribution in [0.4, 0.5) is 5.69 Å². The average Bonchev–Trinajstić information content (AvgIpc) is 2.62. The Labute approximate surface area is 163 Å². The number of nitrogens with zero attached hydrogens (tertiary/aromatic N) is 1. The largest absolute Gasteiger partial charge is 0.322 e. The third-order valence-corrected chi connectivity index (χ3v) is 4.75. The maximum atomic E-state index is 13.0. The van der Waals surface area contributed by atoms with Gasteiger partial charge in [0.15, 0.2) is 5.43 Å². The lowest BCUT2D eigenvalue weighted by molar-refractivity contribution is 0.102. The molecule has 0 fully saturated rings. The molecule has 1 N–H and O–H groups in total. The minimum Gasteiger partial charge on any atom is -0.322 e. The summed E-state index contributed by atoms with van der Waals surface area (Å²) in [6.07, 6.45) is 0.528. The number of anilines is 1. The molecule has 5 heteroatoms. The van der Waals surface area contributed by atoms with Crippen molar-refractivity contribution < 1.29 is 4.79 Å². The van der Waals surface area contributed by atoms with Crippen LogP contribution < -0.4 is 10.7 Å². The lowest BCUT2D eigenvalue weighted by atomic mass is 10.1. The van der Waals surface area contributed by atoms with Crippen LogP contribution in [-0.2, 0) is 6.42 Å². The number of hydrogen-bond donors (Lipinski definition) is 1. The zero-order valence-electron chi connectivity index (χ0n) is 15.5. The van der Waals surface area contributed by atoms with Crippen LogP contribution in [0, 0.1) is 13.8 Å². The Kier molecular flexibility index (Phi) is 5.47. The van der Waals surface area contributed by atoms with Gasteiger partial charge >= 0.3 is 0 Å². The quantitative estimate of drug-likeness (QED) is 0.698. The molecular weight excluding hydrogens is 360 g/mol. The van der Waals surface area contributed by atoms with Crippen molar-refractivity contribution in [2.75, 3.05) is 5.32 Å². The minimum absolute atomic E-state index is 0.159. The number of halogens is 1. The topological polar surface area (TPSA) is 51.1 Å². The van der Waals surface area contributed by atoms with E-state index in [0.29, 0.717) is 22.8 Å². The maximum Gasteiger partial charge on any atom is 0.261 e. The molecule has 138 valence electrons. The second-order valence-corrected chi connectivity index (χ2v) is 6.85. The Morgan fingerprint density at radius 2 is 1.81 bits per heavy atom. The van der Waals surface area contributed by atoms with Crippen molar-refractivity contribution in [3.05, 3.63) is 92.4 Å². The van der Waals surface area contributed by atoms with Crippen LogP contribution in [-0.4, -0.2) is 10.5 Å². The molecule has 1 aromatic heterocycles. The van der Waals surface area contributed by atoms with Gasteiger partial charge in [0.05, 0.1) is 0 Å². The summed E-state index contributed by atoms with van der Waals surface area (Å²) >= 11 is 6.15. The fourth-order valence-corrected chi connectivity index (χ4v) is 3.43. The molecule has 0 unspecified atom stereocenters. The summed E-state index contributed by atoms with van der Waals surface area (Å²) in [6, 6.07) is 16.4. The van der Waals surface area contributed by atoms with Gasteiger partial charge in [0.2, 0.25) is 0 Å². The number of carbonyl (C=O) groups excluding carboxylic acids is 1. The van der Waals surface area contributed by atoms with E-state index in [1.54, 1.807) is 6.07 Å². The summed E-state index contributed by atoms with van der Waals surface area (Å²) in [4.78, 5) is 25.7. The Morgan fingerprint density at radius 3 is 2.48 bits per heavy atom. The number of para-hydroxylation sites is 1. The minimum atomic E-state index is -0.401. The molecule has 2 aromatic carbocycles. The summed E-state index contributed by atoms with van der Waals surface area (Å²) in [5.74, 6) is -0.401. The van der Waals surface area contributed by atoms with Gasteiger partial charge in [-0.1, -0.05) is 42.8 Å². The first-order valence-corrected chi connectivity index (χ1v) is 9.18.